The molecule has 1 amide bonds. The van der Waals surface area contributed by atoms with Crippen molar-refractivity contribution in [1.29, 1.82) is 0 Å². The molecule has 0 unspecified atom stereocenters. The van der Waals surface area contributed by atoms with Crippen molar-refractivity contribution in [2.75, 3.05) is 6.54 Å². The molecule has 6 nitrogen and oxygen atoms in total. The van der Waals surface area contributed by atoms with E-state index in [4.69, 9.17) is 11.6 Å². The first kappa shape index (κ1) is 13.6. The van der Waals surface area contributed by atoms with Crippen molar-refractivity contribution in [1.82, 2.24) is 24.9 Å². The summed E-state index contributed by atoms with van der Waals surface area (Å²) in [7, 11) is 1.81. The number of carbonyl (C=O) groups is 1. The number of halogens is 1. The van der Waals surface area contributed by atoms with Gasteiger partial charge in [-0.15, -0.1) is 0 Å². The molecule has 0 spiro atoms. The third-order valence-electron chi connectivity index (χ3n) is 2.80. The number of hydrogen-bond acceptors (Lipinski definition) is 3. The molecule has 0 aliphatic carbocycles. The second-order valence-corrected chi connectivity index (χ2v) is 4.76. The summed E-state index contributed by atoms with van der Waals surface area (Å²) in [5.41, 5.74) is 1.40. The molecule has 7 heteroatoms. The Bertz CT molecular complexity index is 555. The summed E-state index contributed by atoms with van der Waals surface area (Å²) in [6.07, 6.45) is 4.14. The number of rotatable bonds is 5. The maximum Gasteiger partial charge on any atom is 0.271 e. The van der Waals surface area contributed by atoms with E-state index < -0.39 is 0 Å². The molecule has 2 rings (SSSR count). The highest BCUT2D eigenvalue weighted by atomic mass is 35.5. The maximum atomic E-state index is 11.8. The molecule has 0 atom stereocenters. The molecule has 19 heavy (non-hydrogen) atoms. The van der Waals surface area contributed by atoms with E-state index in [0.29, 0.717) is 23.8 Å². The van der Waals surface area contributed by atoms with Gasteiger partial charge in [-0.05, 0) is 19.4 Å². The van der Waals surface area contributed by atoms with Crippen LogP contribution in [0.1, 0.15) is 22.6 Å². The Balaban J connectivity index is 1.75. The number of hydrogen-bond donors (Lipinski definition) is 1. The summed E-state index contributed by atoms with van der Waals surface area (Å²) in [6, 6.07) is 1.77. The molecular formula is C12H16ClN5O. The Labute approximate surface area is 116 Å². The summed E-state index contributed by atoms with van der Waals surface area (Å²) in [6.45, 7) is 3.20. The maximum absolute atomic E-state index is 11.8. The minimum Gasteiger partial charge on any atom is -0.351 e. The van der Waals surface area contributed by atoms with Crippen LogP contribution in [0.2, 0.25) is 5.02 Å². The Morgan fingerprint density at radius 1 is 1.53 bits per heavy atom. The van der Waals surface area contributed by atoms with Crippen molar-refractivity contribution >= 4 is 17.5 Å². The second kappa shape index (κ2) is 5.88. The SMILES string of the molecule is Cc1cc(C(=O)NCCCn2cc(Cl)cn2)nn1C. The second-order valence-electron chi connectivity index (χ2n) is 4.33. The van der Waals surface area contributed by atoms with E-state index in [-0.39, 0.29) is 5.91 Å². The van der Waals surface area contributed by atoms with Gasteiger partial charge in [-0.3, -0.25) is 14.2 Å². The summed E-state index contributed by atoms with van der Waals surface area (Å²) in [5.74, 6) is -0.151. The van der Waals surface area contributed by atoms with Gasteiger partial charge in [0.25, 0.3) is 5.91 Å². The monoisotopic (exact) mass is 281 g/mol. The summed E-state index contributed by atoms with van der Waals surface area (Å²) in [5, 5.41) is 11.6. The Morgan fingerprint density at radius 3 is 2.89 bits per heavy atom. The molecule has 1 N–H and O–H groups in total. The fourth-order valence-corrected chi connectivity index (χ4v) is 1.82. The fourth-order valence-electron chi connectivity index (χ4n) is 1.67. The van der Waals surface area contributed by atoms with Crippen molar-refractivity contribution in [3.63, 3.8) is 0 Å². The standard InChI is InChI=1S/C12H16ClN5O/c1-9-6-11(16-17(9)2)12(19)14-4-3-5-18-8-10(13)7-15-18/h6-8H,3-5H2,1-2H3,(H,14,19). The molecule has 2 aromatic rings. The number of amides is 1. The van der Waals surface area contributed by atoms with Crippen LogP contribution in [0.5, 0.6) is 0 Å². The zero-order valence-corrected chi connectivity index (χ0v) is 11.7. The van der Waals surface area contributed by atoms with Crippen LogP contribution in [-0.2, 0) is 13.6 Å². The lowest BCUT2D eigenvalue weighted by molar-refractivity contribution is 0.0947. The van der Waals surface area contributed by atoms with Crippen molar-refractivity contribution < 1.29 is 4.79 Å². The van der Waals surface area contributed by atoms with Crippen molar-refractivity contribution in [3.05, 3.63) is 34.9 Å². The molecule has 2 aromatic heterocycles. The van der Waals surface area contributed by atoms with Gasteiger partial charge in [-0.25, -0.2) is 0 Å². The quantitative estimate of drug-likeness (QED) is 0.843. The van der Waals surface area contributed by atoms with Crippen molar-refractivity contribution in [2.45, 2.75) is 19.9 Å². The molecule has 0 radical (unpaired) electrons. The lowest BCUT2D eigenvalue weighted by atomic mass is 10.3. The van der Waals surface area contributed by atoms with E-state index >= 15 is 0 Å². The molecular weight excluding hydrogens is 266 g/mol. The van der Waals surface area contributed by atoms with Gasteiger partial charge in [-0.2, -0.15) is 10.2 Å². The fraction of sp³-hybridized carbons (Fsp3) is 0.417. The van der Waals surface area contributed by atoms with E-state index in [1.807, 2.05) is 14.0 Å². The number of aryl methyl sites for hydroxylation is 3. The number of carbonyl (C=O) groups excluding carboxylic acids is 1. The predicted molar refractivity (Wildman–Crippen MR) is 72.1 cm³/mol. The van der Waals surface area contributed by atoms with Gasteiger partial charge in [0.05, 0.1) is 11.2 Å². The van der Waals surface area contributed by atoms with Gasteiger partial charge in [0.2, 0.25) is 0 Å². The van der Waals surface area contributed by atoms with Crippen molar-refractivity contribution in [2.24, 2.45) is 7.05 Å². The Hall–Kier alpha value is -1.82. The van der Waals surface area contributed by atoms with Crippen LogP contribution in [0.3, 0.4) is 0 Å². The van der Waals surface area contributed by atoms with E-state index in [1.54, 1.807) is 27.8 Å². The largest absolute Gasteiger partial charge is 0.351 e. The molecule has 0 fully saturated rings. The van der Waals surface area contributed by atoms with E-state index in [9.17, 15) is 4.79 Å². The third kappa shape index (κ3) is 3.57. The van der Waals surface area contributed by atoms with Gasteiger partial charge in [0, 0.05) is 32.0 Å². The van der Waals surface area contributed by atoms with Gasteiger partial charge in [-0.1, -0.05) is 11.6 Å². The topological polar surface area (TPSA) is 64.7 Å². The summed E-state index contributed by atoms with van der Waals surface area (Å²) in [4.78, 5) is 11.8. The first-order valence-electron chi connectivity index (χ1n) is 6.03. The van der Waals surface area contributed by atoms with E-state index in [1.165, 1.54) is 0 Å². The highest BCUT2D eigenvalue weighted by Crippen LogP contribution is 2.05. The lowest BCUT2D eigenvalue weighted by Gasteiger charge is -2.03. The van der Waals surface area contributed by atoms with Crippen molar-refractivity contribution in [3.8, 4) is 0 Å². The van der Waals surface area contributed by atoms with Crippen LogP contribution in [0.15, 0.2) is 18.5 Å². The molecule has 0 saturated carbocycles. The molecule has 0 aliphatic heterocycles. The van der Waals surface area contributed by atoms with E-state index in [2.05, 4.69) is 15.5 Å². The zero-order chi connectivity index (χ0) is 13.8. The smallest absolute Gasteiger partial charge is 0.271 e. The first-order valence-corrected chi connectivity index (χ1v) is 6.41. The molecule has 0 bridgehead atoms. The first-order chi connectivity index (χ1) is 9.06. The van der Waals surface area contributed by atoms with Crippen LogP contribution >= 0.6 is 11.6 Å². The Kier molecular flexibility index (Phi) is 4.21. The average Bonchev–Trinajstić information content (AvgIpc) is 2.92. The molecule has 0 aliphatic rings. The van der Waals surface area contributed by atoms with Crippen LogP contribution in [0.25, 0.3) is 0 Å². The highest BCUT2D eigenvalue weighted by Gasteiger charge is 2.09. The number of nitrogens with zero attached hydrogens (tertiary/aromatic N) is 4. The van der Waals surface area contributed by atoms with Crippen LogP contribution in [-0.4, -0.2) is 32.0 Å². The van der Waals surface area contributed by atoms with E-state index in [0.717, 1.165) is 12.1 Å². The minimum atomic E-state index is -0.151. The summed E-state index contributed by atoms with van der Waals surface area (Å²) < 4.78 is 3.43. The summed E-state index contributed by atoms with van der Waals surface area (Å²) >= 11 is 5.76. The van der Waals surface area contributed by atoms with Crippen LogP contribution < -0.4 is 5.32 Å². The van der Waals surface area contributed by atoms with Gasteiger partial charge in [0.1, 0.15) is 5.69 Å². The average molecular weight is 282 g/mol. The van der Waals surface area contributed by atoms with Crippen LogP contribution in [0.4, 0.5) is 0 Å². The van der Waals surface area contributed by atoms with Gasteiger partial charge in [0.15, 0.2) is 0 Å². The zero-order valence-electron chi connectivity index (χ0n) is 10.9. The third-order valence-corrected chi connectivity index (χ3v) is 2.99. The molecule has 0 aromatic carbocycles. The molecule has 2 heterocycles. The van der Waals surface area contributed by atoms with Gasteiger partial charge < -0.3 is 5.32 Å². The highest BCUT2D eigenvalue weighted by molar-refractivity contribution is 6.30. The minimum absolute atomic E-state index is 0.151. The normalized spacial score (nSPS) is 10.7. The Morgan fingerprint density at radius 2 is 2.32 bits per heavy atom. The van der Waals surface area contributed by atoms with Gasteiger partial charge >= 0.3 is 0 Å². The molecule has 0 saturated heterocycles. The van der Waals surface area contributed by atoms with Crippen LogP contribution in [0, 0.1) is 6.92 Å². The molecule has 102 valence electrons. The predicted octanol–water partition coefficient (Wildman–Crippen LogP) is 1.40. The lowest BCUT2D eigenvalue weighted by Crippen LogP contribution is -2.25. The number of aromatic nitrogens is 4. The number of nitrogens with one attached hydrogen (secondary N) is 1.